The first-order chi connectivity index (χ1) is 9.79. The number of amides is 1. The zero-order chi connectivity index (χ0) is 14.2. The van der Waals surface area contributed by atoms with E-state index < -0.39 is 0 Å². The van der Waals surface area contributed by atoms with Gasteiger partial charge in [-0.3, -0.25) is 4.79 Å². The number of hydrogen-bond acceptors (Lipinski definition) is 5. The van der Waals surface area contributed by atoms with Crippen LogP contribution in [0.1, 0.15) is 32.1 Å². The maximum absolute atomic E-state index is 11.8. The molecule has 2 rings (SSSR count). The standard InChI is InChI=1S/C14H19N3OS2.ClH/c15-8-4-2-1-3-7-13(18)17-14-16-11(10-20-14)12-6-5-9-19-12;/h5-6,9-10H,1-4,7-8,15H2,(H,16,17,18);1H. The fraction of sp³-hybridized carbons (Fsp3) is 0.429. The van der Waals surface area contributed by atoms with Crippen molar-refractivity contribution in [3.8, 4) is 10.6 Å². The van der Waals surface area contributed by atoms with Gasteiger partial charge in [-0.1, -0.05) is 18.9 Å². The Hall–Kier alpha value is -0.950. The summed E-state index contributed by atoms with van der Waals surface area (Å²) in [6.07, 6.45) is 4.66. The second-order valence-electron chi connectivity index (χ2n) is 4.52. The quantitative estimate of drug-likeness (QED) is 0.706. The van der Waals surface area contributed by atoms with Crippen LogP contribution < -0.4 is 11.1 Å². The maximum Gasteiger partial charge on any atom is 0.226 e. The molecule has 2 heterocycles. The number of nitrogens with one attached hydrogen (secondary N) is 1. The Kier molecular flexibility index (Phi) is 8.52. The van der Waals surface area contributed by atoms with Crippen molar-refractivity contribution in [3.63, 3.8) is 0 Å². The Morgan fingerprint density at radius 3 is 2.76 bits per heavy atom. The van der Waals surface area contributed by atoms with E-state index in [2.05, 4.69) is 10.3 Å². The van der Waals surface area contributed by atoms with E-state index in [1.54, 1.807) is 11.3 Å². The molecule has 0 aliphatic rings. The van der Waals surface area contributed by atoms with Crippen molar-refractivity contribution in [3.05, 3.63) is 22.9 Å². The van der Waals surface area contributed by atoms with E-state index in [1.807, 2.05) is 22.9 Å². The number of nitrogens with zero attached hydrogens (tertiary/aromatic N) is 1. The number of hydrogen-bond donors (Lipinski definition) is 2. The molecule has 0 atom stereocenters. The van der Waals surface area contributed by atoms with Crippen molar-refractivity contribution in [1.82, 2.24) is 4.98 Å². The highest BCUT2D eigenvalue weighted by Gasteiger charge is 2.08. The molecule has 0 radical (unpaired) electrons. The lowest BCUT2D eigenvalue weighted by atomic mass is 10.1. The number of anilines is 1. The predicted octanol–water partition coefficient (Wildman–Crippen LogP) is 4.14. The molecule has 0 unspecified atom stereocenters. The number of rotatable bonds is 8. The fourth-order valence-electron chi connectivity index (χ4n) is 1.83. The van der Waals surface area contributed by atoms with Gasteiger partial charge in [0.1, 0.15) is 0 Å². The number of nitrogens with two attached hydrogens (primary N) is 1. The van der Waals surface area contributed by atoms with E-state index in [0.29, 0.717) is 11.6 Å². The lowest BCUT2D eigenvalue weighted by Crippen LogP contribution is -2.10. The molecule has 0 saturated heterocycles. The van der Waals surface area contributed by atoms with Crippen LogP contribution >= 0.6 is 35.1 Å². The van der Waals surface area contributed by atoms with Gasteiger partial charge in [0.05, 0.1) is 10.6 Å². The molecule has 3 N–H and O–H groups in total. The third-order valence-corrected chi connectivity index (χ3v) is 4.53. The minimum Gasteiger partial charge on any atom is -0.330 e. The van der Waals surface area contributed by atoms with E-state index in [0.717, 1.165) is 42.8 Å². The first kappa shape index (κ1) is 18.1. The number of aromatic nitrogens is 1. The van der Waals surface area contributed by atoms with Crippen LogP contribution in [0.15, 0.2) is 22.9 Å². The molecular weight excluding hydrogens is 326 g/mol. The highest BCUT2D eigenvalue weighted by molar-refractivity contribution is 7.16. The number of unbranched alkanes of at least 4 members (excludes halogenated alkanes) is 3. The summed E-state index contributed by atoms with van der Waals surface area (Å²) in [6, 6.07) is 4.03. The van der Waals surface area contributed by atoms with Crippen LogP contribution in [0.3, 0.4) is 0 Å². The fourth-order valence-corrected chi connectivity index (χ4v) is 3.32. The Balaban J connectivity index is 0.00000220. The Morgan fingerprint density at radius 2 is 2.05 bits per heavy atom. The second kappa shape index (κ2) is 9.89. The summed E-state index contributed by atoms with van der Waals surface area (Å²) in [5.41, 5.74) is 6.36. The smallest absolute Gasteiger partial charge is 0.226 e. The topological polar surface area (TPSA) is 68.0 Å². The van der Waals surface area contributed by atoms with Crippen LogP contribution in [0.5, 0.6) is 0 Å². The molecule has 1 amide bonds. The molecule has 7 heteroatoms. The molecule has 0 saturated carbocycles. The Morgan fingerprint density at radius 1 is 1.24 bits per heavy atom. The number of carbonyl (C=O) groups excluding carboxylic acids is 1. The van der Waals surface area contributed by atoms with Crippen molar-refractivity contribution >= 4 is 46.1 Å². The molecule has 0 bridgehead atoms. The van der Waals surface area contributed by atoms with Crippen LogP contribution in [0.4, 0.5) is 5.13 Å². The van der Waals surface area contributed by atoms with Gasteiger partial charge in [-0.15, -0.1) is 35.1 Å². The SMILES string of the molecule is Cl.NCCCCCCC(=O)Nc1nc(-c2cccs2)cs1. The third kappa shape index (κ3) is 6.13. The molecule has 0 aliphatic heterocycles. The summed E-state index contributed by atoms with van der Waals surface area (Å²) >= 11 is 3.12. The highest BCUT2D eigenvalue weighted by Crippen LogP contribution is 2.28. The molecule has 2 aromatic rings. The normalized spacial score (nSPS) is 10.1. The molecule has 0 fully saturated rings. The average Bonchev–Trinajstić information content (AvgIpc) is 3.08. The van der Waals surface area contributed by atoms with Gasteiger partial charge in [0, 0.05) is 11.8 Å². The highest BCUT2D eigenvalue weighted by atomic mass is 35.5. The van der Waals surface area contributed by atoms with Gasteiger partial charge >= 0.3 is 0 Å². The zero-order valence-corrected chi connectivity index (χ0v) is 14.2. The number of carbonyl (C=O) groups is 1. The Bertz CT molecular complexity index is 528. The largest absolute Gasteiger partial charge is 0.330 e. The van der Waals surface area contributed by atoms with Gasteiger partial charge < -0.3 is 11.1 Å². The predicted molar refractivity (Wildman–Crippen MR) is 93.4 cm³/mol. The van der Waals surface area contributed by atoms with E-state index in [-0.39, 0.29) is 18.3 Å². The van der Waals surface area contributed by atoms with Crippen LogP contribution in [0.2, 0.25) is 0 Å². The lowest BCUT2D eigenvalue weighted by Gasteiger charge is -2.01. The van der Waals surface area contributed by atoms with E-state index >= 15 is 0 Å². The van der Waals surface area contributed by atoms with E-state index in [1.165, 1.54) is 11.3 Å². The average molecular weight is 346 g/mol. The lowest BCUT2D eigenvalue weighted by molar-refractivity contribution is -0.116. The number of halogens is 1. The van der Waals surface area contributed by atoms with Crippen LogP contribution in [0.25, 0.3) is 10.6 Å². The van der Waals surface area contributed by atoms with E-state index in [9.17, 15) is 4.79 Å². The number of thiophene rings is 1. The van der Waals surface area contributed by atoms with Crippen LogP contribution in [-0.4, -0.2) is 17.4 Å². The maximum atomic E-state index is 11.8. The van der Waals surface area contributed by atoms with Gasteiger partial charge in [-0.05, 0) is 30.8 Å². The van der Waals surface area contributed by atoms with Gasteiger partial charge in [-0.25, -0.2) is 4.98 Å². The molecule has 4 nitrogen and oxygen atoms in total. The first-order valence-electron chi connectivity index (χ1n) is 6.79. The van der Waals surface area contributed by atoms with Crippen molar-refractivity contribution in [2.75, 3.05) is 11.9 Å². The second-order valence-corrected chi connectivity index (χ2v) is 6.32. The van der Waals surface area contributed by atoms with Crippen molar-refractivity contribution in [2.45, 2.75) is 32.1 Å². The molecule has 0 aromatic carbocycles. The monoisotopic (exact) mass is 345 g/mol. The van der Waals surface area contributed by atoms with Crippen molar-refractivity contribution in [2.24, 2.45) is 5.73 Å². The summed E-state index contributed by atoms with van der Waals surface area (Å²) in [6.45, 7) is 0.733. The molecule has 0 aliphatic carbocycles. The van der Waals surface area contributed by atoms with Crippen molar-refractivity contribution in [1.29, 1.82) is 0 Å². The summed E-state index contributed by atoms with van der Waals surface area (Å²) in [5.74, 6) is 0.0461. The summed E-state index contributed by atoms with van der Waals surface area (Å²) in [7, 11) is 0. The summed E-state index contributed by atoms with van der Waals surface area (Å²) < 4.78 is 0. The Labute approximate surface area is 139 Å². The van der Waals surface area contributed by atoms with E-state index in [4.69, 9.17) is 5.73 Å². The molecule has 21 heavy (non-hydrogen) atoms. The molecule has 0 spiro atoms. The zero-order valence-electron chi connectivity index (χ0n) is 11.7. The van der Waals surface area contributed by atoms with Gasteiger partial charge in [-0.2, -0.15) is 0 Å². The summed E-state index contributed by atoms with van der Waals surface area (Å²) in [4.78, 5) is 17.3. The van der Waals surface area contributed by atoms with Crippen LogP contribution in [-0.2, 0) is 4.79 Å². The first-order valence-corrected chi connectivity index (χ1v) is 8.55. The van der Waals surface area contributed by atoms with Crippen LogP contribution in [0, 0.1) is 0 Å². The third-order valence-electron chi connectivity index (χ3n) is 2.88. The van der Waals surface area contributed by atoms with Gasteiger partial charge in [0.15, 0.2) is 5.13 Å². The van der Waals surface area contributed by atoms with Gasteiger partial charge in [0.2, 0.25) is 5.91 Å². The van der Waals surface area contributed by atoms with Crippen molar-refractivity contribution < 1.29 is 4.79 Å². The number of thiazole rings is 1. The summed E-state index contributed by atoms with van der Waals surface area (Å²) in [5, 5.41) is 7.54. The molecule has 2 aromatic heterocycles. The molecule has 116 valence electrons. The molecular formula is C14H20ClN3OS2. The van der Waals surface area contributed by atoms with Gasteiger partial charge in [0.25, 0.3) is 0 Å². The minimum absolute atomic E-state index is 0. The minimum atomic E-state index is 0.